The molecule has 2 rings (SSSR count). The van der Waals surface area contributed by atoms with Gasteiger partial charge in [0.2, 0.25) is 0 Å². The van der Waals surface area contributed by atoms with E-state index in [9.17, 15) is 18.0 Å². The Bertz CT molecular complexity index is 533. The summed E-state index contributed by atoms with van der Waals surface area (Å²) < 4.78 is 43.9. The lowest BCUT2D eigenvalue weighted by Crippen LogP contribution is -2.43. The quantitative estimate of drug-likeness (QED) is 0.799. The number of nitrogens with zero attached hydrogens (tertiary/aromatic N) is 1. The predicted octanol–water partition coefficient (Wildman–Crippen LogP) is 3.72. The van der Waals surface area contributed by atoms with Gasteiger partial charge in [0.1, 0.15) is 0 Å². The van der Waals surface area contributed by atoms with Crippen LogP contribution in [0.25, 0.3) is 0 Å². The minimum Gasteiger partial charge on any atom is -0.380 e. The molecule has 1 amide bonds. The normalized spacial score (nSPS) is 19.7. The highest BCUT2D eigenvalue weighted by Crippen LogP contribution is 2.32. The number of carbonyl (C=O) groups is 1. The highest BCUT2D eigenvalue weighted by Gasteiger charge is 2.33. The molecular formula is C14H15BrF3NO2. The van der Waals surface area contributed by atoms with E-state index in [4.69, 9.17) is 4.74 Å². The van der Waals surface area contributed by atoms with Crippen molar-refractivity contribution in [2.24, 2.45) is 0 Å². The van der Waals surface area contributed by atoms with Crippen LogP contribution >= 0.6 is 15.9 Å². The first kappa shape index (κ1) is 16.3. The summed E-state index contributed by atoms with van der Waals surface area (Å²) in [7, 11) is 1.57. The molecule has 0 radical (unpaired) electrons. The monoisotopic (exact) mass is 365 g/mol. The van der Waals surface area contributed by atoms with Crippen LogP contribution in [0.15, 0.2) is 22.7 Å². The van der Waals surface area contributed by atoms with Gasteiger partial charge in [-0.1, -0.05) is 0 Å². The van der Waals surface area contributed by atoms with Gasteiger partial charge in [0.05, 0.1) is 17.2 Å². The Kier molecular flexibility index (Phi) is 4.93. The number of alkyl halides is 3. The average Bonchev–Trinajstić information content (AvgIpc) is 2.46. The second kappa shape index (κ2) is 6.36. The Balaban J connectivity index is 2.26. The molecule has 0 spiro atoms. The molecule has 1 aliphatic heterocycles. The third kappa shape index (κ3) is 3.77. The minimum absolute atomic E-state index is 0.0292. The molecule has 0 saturated carbocycles. The van der Waals surface area contributed by atoms with Gasteiger partial charge in [-0.25, -0.2) is 0 Å². The SMILES string of the molecule is COC1CCCN(C(=O)c2cc(C(F)(F)F)ccc2Br)C1. The van der Waals surface area contributed by atoms with E-state index >= 15 is 0 Å². The van der Waals surface area contributed by atoms with E-state index in [1.54, 1.807) is 7.11 Å². The van der Waals surface area contributed by atoms with E-state index in [2.05, 4.69) is 15.9 Å². The number of amides is 1. The molecule has 3 nitrogen and oxygen atoms in total. The van der Waals surface area contributed by atoms with Crippen molar-refractivity contribution in [1.82, 2.24) is 4.90 Å². The summed E-state index contributed by atoms with van der Waals surface area (Å²) in [6, 6.07) is 3.10. The van der Waals surface area contributed by atoms with Crippen molar-refractivity contribution in [2.75, 3.05) is 20.2 Å². The van der Waals surface area contributed by atoms with Crippen molar-refractivity contribution in [3.05, 3.63) is 33.8 Å². The van der Waals surface area contributed by atoms with Gasteiger partial charge in [0, 0.05) is 24.7 Å². The molecule has 1 saturated heterocycles. The number of benzene rings is 1. The van der Waals surface area contributed by atoms with Crippen LogP contribution in [0, 0.1) is 0 Å². The van der Waals surface area contributed by atoms with Crippen molar-refractivity contribution in [1.29, 1.82) is 0 Å². The van der Waals surface area contributed by atoms with Crippen LogP contribution < -0.4 is 0 Å². The second-order valence-corrected chi connectivity index (χ2v) is 5.80. The molecule has 21 heavy (non-hydrogen) atoms. The Morgan fingerprint density at radius 1 is 1.43 bits per heavy atom. The minimum atomic E-state index is -4.47. The van der Waals surface area contributed by atoms with Crippen molar-refractivity contribution >= 4 is 21.8 Å². The zero-order valence-electron chi connectivity index (χ0n) is 11.4. The molecule has 1 aliphatic rings. The number of methoxy groups -OCH3 is 1. The molecule has 1 atom stereocenters. The van der Waals surface area contributed by atoms with Crippen LogP contribution in [-0.4, -0.2) is 37.1 Å². The topological polar surface area (TPSA) is 29.5 Å². The lowest BCUT2D eigenvalue weighted by molar-refractivity contribution is -0.137. The smallest absolute Gasteiger partial charge is 0.380 e. The van der Waals surface area contributed by atoms with Gasteiger partial charge in [0.25, 0.3) is 5.91 Å². The largest absolute Gasteiger partial charge is 0.416 e. The van der Waals surface area contributed by atoms with Crippen molar-refractivity contribution in [3.63, 3.8) is 0 Å². The molecular weight excluding hydrogens is 351 g/mol. The van der Waals surface area contributed by atoms with Gasteiger partial charge in [-0.2, -0.15) is 13.2 Å². The van der Waals surface area contributed by atoms with E-state index in [-0.39, 0.29) is 11.7 Å². The van der Waals surface area contributed by atoms with E-state index in [1.165, 1.54) is 11.0 Å². The first-order valence-corrected chi connectivity index (χ1v) is 7.31. The first-order valence-electron chi connectivity index (χ1n) is 6.51. The maximum absolute atomic E-state index is 12.8. The molecule has 0 bridgehead atoms. The number of halogens is 4. The molecule has 0 N–H and O–H groups in total. The zero-order chi connectivity index (χ0) is 15.6. The van der Waals surface area contributed by atoms with Crippen LogP contribution in [0.5, 0.6) is 0 Å². The number of hydrogen-bond acceptors (Lipinski definition) is 2. The molecule has 1 fully saturated rings. The second-order valence-electron chi connectivity index (χ2n) is 4.94. The maximum Gasteiger partial charge on any atom is 0.416 e. The number of likely N-dealkylation sites (tertiary alicyclic amines) is 1. The number of hydrogen-bond donors (Lipinski definition) is 0. The molecule has 116 valence electrons. The number of ether oxygens (including phenoxy) is 1. The summed E-state index contributed by atoms with van der Waals surface area (Å²) in [4.78, 5) is 14.0. The Morgan fingerprint density at radius 3 is 2.76 bits per heavy atom. The molecule has 0 aromatic heterocycles. The van der Waals surface area contributed by atoms with Crippen LogP contribution in [-0.2, 0) is 10.9 Å². The fourth-order valence-corrected chi connectivity index (χ4v) is 2.77. The van der Waals surface area contributed by atoms with Gasteiger partial charge in [-0.05, 0) is 47.0 Å². The van der Waals surface area contributed by atoms with E-state index in [0.29, 0.717) is 17.6 Å². The lowest BCUT2D eigenvalue weighted by atomic mass is 10.1. The zero-order valence-corrected chi connectivity index (χ0v) is 13.0. The molecule has 1 heterocycles. The number of carbonyl (C=O) groups excluding carboxylic acids is 1. The molecule has 1 aromatic carbocycles. The van der Waals surface area contributed by atoms with E-state index in [0.717, 1.165) is 25.0 Å². The third-order valence-corrected chi connectivity index (χ3v) is 4.21. The van der Waals surface area contributed by atoms with Crippen LogP contribution in [0.3, 0.4) is 0 Å². The summed E-state index contributed by atoms with van der Waals surface area (Å²) in [6.07, 6.45) is -2.90. The van der Waals surface area contributed by atoms with Crippen LogP contribution in [0.1, 0.15) is 28.8 Å². The fraction of sp³-hybridized carbons (Fsp3) is 0.500. The number of piperidine rings is 1. The van der Waals surface area contributed by atoms with Gasteiger partial charge >= 0.3 is 6.18 Å². The first-order chi connectivity index (χ1) is 9.82. The van der Waals surface area contributed by atoms with Gasteiger partial charge in [0.15, 0.2) is 0 Å². The average molecular weight is 366 g/mol. The maximum atomic E-state index is 12.8. The van der Waals surface area contributed by atoms with Gasteiger partial charge in [-0.15, -0.1) is 0 Å². The summed E-state index contributed by atoms with van der Waals surface area (Å²) in [5, 5.41) is 0. The standard InChI is InChI=1S/C14H15BrF3NO2/c1-21-10-3-2-6-19(8-10)13(20)11-7-9(14(16,17)18)4-5-12(11)15/h4-5,7,10H,2-3,6,8H2,1H3. The Morgan fingerprint density at radius 2 is 2.14 bits per heavy atom. The van der Waals surface area contributed by atoms with Crippen LogP contribution in [0.4, 0.5) is 13.2 Å². The van der Waals surface area contributed by atoms with Crippen molar-refractivity contribution in [3.8, 4) is 0 Å². The predicted molar refractivity (Wildman–Crippen MR) is 75.1 cm³/mol. The van der Waals surface area contributed by atoms with E-state index in [1.807, 2.05) is 0 Å². The summed E-state index contributed by atoms with van der Waals surface area (Å²) >= 11 is 3.15. The molecule has 1 unspecified atom stereocenters. The summed E-state index contributed by atoms with van der Waals surface area (Å²) in [6.45, 7) is 0.930. The van der Waals surface area contributed by atoms with Gasteiger partial charge in [-0.3, -0.25) is 4.79 Å². The van der Waals surface area contributed by atoms with Crippen LogP contribution in [0.2, 0.25) is 0 Å². The van der Waals surface area contributed by atoms with E-state index < -0.39 is 17.6 Å². The Labute approximate surface area is 129 Å². The molecule has 0 aliphatic carbocycles. The highest BCUT2D eigenvalue weighted by atomic mass is 79.9. The fourth-order valence-electron chi connectivity index (χ4n) is 2.35. The summed E-state index contributed by atoms with van der Waals surface area (Å²) in [5.41, 5.74) is -0.795. The lowest BCUT2D eigenvalue weighted by Gasteiger charge is -2.32. The third-order valence-electron chi connectivity index (χ3n) is 3.52. The van der Waals surface area contributed by atoms with Gasteiger partial charge < -0.3 is 9.64 Å². The Hall–Kier alpha value is -1.08. The van der Waals surface area contributed by atoms with Crippen molar-refractivity contribution in [2.45, 2.75) is 25.1 Å². The number of rotatable bonds is 2. The summed E-state index contributed by atoms with van der Waals surface area (Å²) in [5.74, 6) is -0.408. The molecule has 7 heteroatoms. The highest BCUT2D eigenvalue weighted by molar-refractivity contribution is 9.10. The van der Waals surface area contributed by atoms with Crippen molar-refractivity contribution < 1.29 is 22.7 Å². The molecule has 1 aromatic rings.